The molecule has 0 aliphatic carbocycles. The van der Waals surface area contributed by atoms with E-state index in [0.717, 1.165) is 5.56 Å². The van der Waals surface area contributed by atoms with Gasteiger partial charge in [0.2, 0.25) is 0 Å². The zero-order chi connectivity index (χ0) is 15.0. The second-order valence-corrected chi connectivity index (χ2v) is 6.25. The van der Waals surface area contributed by atoms with Crippen LogP contribution in [0.2, 0.25) is 0 Å². The maximum Gasteiger partial charge on any atom is 0.143 e. The highest BCUT2D eigenvalue weighted by Gasteiger charge is 2.40. The molecule has 1 N–H and O–H groups in total. The molecule has 2 aromatic rings. The lowest BCUT2D eigenvalue weighted by molar-refractivity contribution is 0.268. The highest BCUT2D eigenvalue weighted by molar-refractivity contribution is 9.10. The van der Waals surface area contributed by atoms with E-state index in [9.17, 15) is 13.2 Å². The molecule has 0 unspecified atom stereocenters. The van der Waals surface area contributed by atoms with E-state index in [-0.39, 0.29) is 22.3 Å². The van der Waals surface area contributed by atoms with Crippen LogP contribution in [0.1, 0.15) is 11.1 Å². The molecule has 1 heterocycles. The van der Waals surface area contributed by atoms with E-state index in [0.29, 0.717) is 13.1 Å². The second kappa shape index (κ2) is 5.46. The highest BCUT2D eigenvalue weighted by Crippen LogP contribution is 2.35. The summed E-state index contributed by atoms with van der Waals surface area (Å²) in [7, 11) is 0. The van der Waals surface area contributed by atoms with Crippen LogP contribution in [0.25, 0.3) is 0 Å². The first kappa shape index (κ1) is 14.6. The number of halogens is 4. The molecule has 5 heteroatoms. The molecule has 0 amide bonds. The van der Waals surface area contributed by atoms with Crippen molar-refractivity contribution in [2.75, 3.05) is 13.1 Å². The quantitative estimate of drug-likeness (QED) is 0.822. The van der Waals surface area contributed by atoms with Gasteiger partial charge in [-0.15, -0.1) is 0 Å². The Hall–Kier alpha value is -1.33. The van der Waals surface area contributed by atoms with Crippen LogP contribution in [-0.4, -0.2) is 13.1 Å². The third-order valence-corrected chi connectivity index (χ3v) is 4.63. The fraction of sp³-hybridized carbons (Fsp3) is 0.250. The van der Waals surface area contributed by atoms with Crippen LogP contribution in [0.5, 0.6) is 0 Å². The minimum atomic E-state index is -0.585. The fourth-order valence-electron chi connectivity index (χ4n) is 2.75. The number of hydrogen-bond acceptors (Lipinski definition) is 1. The van der Waals surface area contributed by atoms with Gasteiger partial charge in [-0.3, -0.25) is 0 Å². The van der Waals surface area contributed by atoms with E-state index >= 15 is 0 Å². The Bertz CT molecular complexity index is 683. The van der Waals surface area contributed by atoms with Crippen molar-refractivity contribution in [2.45, 2.75) is 11.8 Å². The van der Waals surface area contributed by atoms with Crippen LogP contribution >= 0.6 is 15.9 Å². The summed E-state index contributed by atoms with van der Waals surface area (Å²) in [5.41, 5.74) is 0.333. The molecule has 1 fully saturated rings. The van der Waals surface area contributed by atoms with Crippen LogP contribution in [0, 0.1) is 17.5 Å². The summed E-state index contributed by atoms with van der Waals surface area (Å²) in [6, 6.07) is 8.82. The van der Waals surface area contributed by atoms with Crippen molar-refractivity contribution in [3.63, 3.8) is 0 Å². The predicted octanol–water partition coefficient (Wildman–Crippen LogP) is 3.95. The summed E-state index contributed by atoms with van der Waals surface area (Å²) >= 11 is 3.08. The Kier molecular flexibility index (Phi) is 3.80. The van der Waals surface area contributed by atoms with E-state index in [4.69, 9.17) is 0 Å². The highest BCUT2D eigenvalue weighted by atomic mass is 79.9. The van der Waals surface area contributed by atoms with Crippen molar-refractivity contribution >= 4 is 15.9 Å². The SMILES string of the molecule is Fc1cccc(C2(Cc3c(F)ccc(Br)c3F)CNC2)c1. The first-order valence-electron chi connectivity index (χ1n) is 6.61. The van der Waals surface area contributed by atoms with E-state index in [2.05, 4.69) is 21.2 Å². The first-order chi connectivity index (χ1) is 10.0. The Morgan fingerprint density at radius 1 is 1.10 bits per heavy atom. The van der Waals surface area contributed by atoms with Crippen molar-refractivity contribution in [2.24, 2.45) is 0 Å². The lowest BCUT2D eigenvalue weighted by atomic mass is 9.71. The Morgan fingerprint density at radius 2 is 1.86 bits per heavy atom. The molecule has 1 saturated heterocycles. The zero-order valence-corrected chi connectivity index (χ0v) is 12.7. The maximum absolute atomic E-state index is 14.2. The predicted molar refractivity (Wildman–Crippen MR) is 78.7 cm³/mol. The molecule has 1 aliphatic rings. The average Bonchev–Trinajstić information content (AvgIpc) is 2.42. The van der Waals surface area contributed by atoms with E-state index in [1.807, 2.05) is 0 Å². The molecule has 2 aromatic carbocycles. The molecule has 0 radical (unpaired) electrons. The van der Waals surface area contributed by atoms with Gasteiger partial charge in [-0.1, -0.05) is 12.1 Å². The molecule has 1 nitrogen and oxygen atoms in total. The monoisotopic (exact) mass is 355 g/mol. The van der Waals surface area contributed by atoms with Crippen molar-refractivity contribution < 1.29 is 13.2 Å². The van der Waals surface area contributed by atoms with Crippen LogP contribution in [0.3, 0.4) is 0 Å². The Labute approximate surface area is 129 Å². The summed E-state index contributed by atoms with van der Waals surface area (Å²) in [5, 5.41) is 3.11. The fourth-order valence-corrected chi connectivity index (χ4v) is 3.12. The maximum atomic E-state index is 14.2. The second-order valence-electron chi connectivity index (χ2n) is 5.39. The van der Waals surface area contributed by atoms with Crippen molar-refractivity contribution in [1.29, 1.82) is 0 Å². The molecule has 0 saturated carbocycles. The van der Waals surface area contributed by atoms with Gasteiger partial charge in [-0.25, -0.2) is 13.2 Å². The van der Waals surface area contributed by atoms with Gasteiger partial charge in [0.1, 0.15) is 17.5 Å². The summed E-state index contributed by atoms with van der Waals surface area (Å²) in [6.45, 7) is 1.14. The number of hydrogen-bond donors (Lipinski definition) is 1. The lowest BCUT2D eigenvalue weighted by Crippen LogP contribution is -2.58. The summed E-state index contributed by atoms with van der Waals surface area (Å²) in [4.78, 5) is 0. The van der Waals surface area contributed by atoms with Gasteiger partial charge >= 0.3 is 0 Å². The number of nitrogens with one attached hydrogen (secondary N) is 1. The lowest BCUT2D eigenvalue weighted by Gasteiger charge is -2.43. The van der Waals surface area contributed by atoms with Crippen LogP contribution in [-0.2, 0) is 11.8 Å². The summed E-state index contributed by atoms with van der Waals surface area (Å²) in [6.07, 6.45) is 0.195. The number of rotatable bonds is 3. The van der Waals surface area contributed by atoms with Gasteiger partial charge in [0, 0.05) is 24.1 Å². The van der Waals surface area contributed by atoms with Crippen LogP contribution in [0.4, 0.5) is 13.2 Å². The van der Waals surface area contributed by atoms with Crippen molar-refractivity contribution in [3.05, 3.63) is 69.4 Å². The minimum absolute atomic E-state index is 0.0372. The molecule has 21 heavy (non-hydrogen) atoms. The number of benzene rings is 2. The molecule has 3 rings (SSSR count). The molecule has 0 spiro atoms. The third kappa shape index (κ3) is 2.60. The molecule has 0 bridgehead atoms. The Balaban J connectivity index is 2.01. The summed E-state index contributed by atoms with van der Waals surface area (Å²) in [5.74, 6) is -1.50. The average molecular weight is 356 g/mol. The standard InChI is InChI=1S/C16H13BrF3N/c17-13-4-5-14(19)12(15(13)20)7-16(8-21-9-16)10-2-1-3-11(18)6-10/h1-6,21H,7-9H2. The van der Waals surface area contributed by atoms with Crippen molar-refractivity contribution in [1.82, 2.24) is 5.32 Å². The topological polar surface area (TPSA) is 12.0 Å². The third-order valence-electron chi connectivity index (χ3n) is 4.02. The van der Waals surface area contributed by atoms with Gasteiger partial charge in [0.05, 0.1) is 4.47 Å². The molecule has 0 atom stereocenters. The Morgan fingerprint density at radius 3 is 2.48 bits per heavy atom. The van der Waals surface area contributed by atoms with Gasteiger partial charge in [-0.05, 0) is 52.2 Å². The van der Waals surface area contributed by atoms with Gasteiger partial charge in [0.15, 0.2) is 0 Å². The largest absolute Gasteiger partial charge is 0.315 e. The minimum Gasteiger partial charge on any atom is -0.315 e. The molecule has 110 valence electrons. The zero-order valence-electron chi connectivity index (χ0n) is 11.1. The molecule has 0 aromatic heterocycles. The molecular weight excluding hydrogens is 343 g/mol. The van der Waals surface area contributed by atoms with Crippen molar-refractivity contribution in [3.8, 4) is 0 Å². The molecule has 1 aliphatic heterocycles. The smallest absolute Gasteiger partial charge is 0.143 e. The van der Waals surface area contributed by atoms with Crippen LogP contribution < -0.4 is 5.32 Å². The van der Waals surface area contributed by atoms with E-state index in [1.54, 1.807) is 12.1 Å². The molecular formula is C16H13BrF3N. The van der Waals surface area contributed by atoms with Gasteiger partial charge in [0.25, 0.3) is 0 Å². The van der Waals surface area contributed by atoms with Crippen LogP contribution in [0.15, 0.2) is 40.9 Å². The normalized spacial score (nSPS) is 16.6. The van der Waals surface area contributed by atoms with E-state index in [1.165, 1.54) is 24.3 Å². The first-order valence-corrected chi connectivity index (χ1v) is 7.40. The van der Waals surface area contributed by atoms with Gasteiger partial charge in [-0.2, -0.15) is 0 Å². The van der Waals surface area contributed by atoms with Gasteiger partial charge < -0.3 is 5.32 Å². The summed E-state index contributed by atoms with van der Waals surface area (Å²) < 4.78 is 41.8. The van der Waals surface area contributed by atoms with E-state index < -0.39 is 17.0 Å².